The molecule has 0 spiro atoms. The van der Waals surface area contributed by atoms with E-state index < -0.39 is 5.91 Å². The summed E-state index contributed by atoms with van der Waals surface area (Å²) in [7, 11) is 0. The summed E-state index contributed by atoms with van der Waals surface area (Å²) in [5, 5.41) is 9.83. The Bertz CT molecular complexity index is 830. The fraction of sp³-hybridized carbons (Fsp3) is 0.0667. The van der Waals surface area contributed by atoms with Crippen LogP contribution < -0.4 is 5.32 Å². The minimum atomic E-state index is -0.435. The minimum Gasteiger partial charge on any atom is -0.304 e. The van der Waals surface area contributed by atoms with E-state index in [4.69, 9.17) is 11.6 Å². The van der Waals surface area contributed by atoms with Gasteiger partial charge in [0.1, 0.15) is 6.33 Å². The third kappa shape index (κ3) is 2.82. The van der Waals surface area contributed by atoms with Gasteiger partial charge in [-0.25, -0.2) is 9.97 Å². The number of halogens is 1. The predicted molar refractivity (Wildman–Crippen MR) is 83.8 cm³/mol. The van der Waals surface area contributed by atoms with E-state index in [-0.39, 0.29) is 10.7 Å². The molecule has 0 aliphatic heterocycles. The second-order valence-electron chi connectivity index (χ2n) is 4.66. The molecule has 3 aromatic rings. The van der Waals surface area contributed by atoms with E-state index in [2.05, 4.69) is 25.5 Å². The normalized spacial score (nSPS) is 10.5. The van der Waals surface area contributed by atoms with Crippen LogP contribution in [0.1, 0.15) is 16.1 Å². The van der Waals surface area contributed by atoms with Crippen molar-refractivity contribution in [2.75, 3.05) is 5.32 Å². The van der Waals surface area contributed by atoms with Crippen LogP contribution in [-0.2, 0) is 0 Å². The SMILES string of the molecule is Cc1ccccc1-c1cc(NC(=O)c2ncncc2Cl)n[nH]1. The molecule has 2 N–H and O–H groups in total. The molecule has 0 atom stereocenters. The van der Waals surface area contributed by atoms with E-state index >= 15 is 0 Å². The second kappa shape index (κ2) is 5.95. The summed E-state index contributed by atoms with van der Waals surface area (Å²) in [6, 6.07) is 9.66. The van der Waals surface area contributed by atoms with Crippen molar-refractivity contribution in [2.45, 2.75) is 6.92 Å². The Kier molecular flexibility index (Phi) is 3.84. The highest BCUT2D eigenvalue weighted by Gasteiger charge is 2.14. The van der Waals surface area contributed by atoms with Crippen molar-refractivity contribution in [1.29, 1.82) is 0 Å². The zero-order chi connectivity index (χ0) is 15.5. The molecule has 0 unspecified atom stereocenters. The Hall–Kier alpha value is -2.73. The maximum absolute atomic E-state index is 12.1. The lowest BCUT2D eigenvalue weighted by molar-refractivity contribution is 0.102. The first-order valence-corrected chi connectivity index (χ1v) is 6.91. The summed E-state index contributed by atoms with van der Waals surface area (Å²) in [5.74, 6) is -0.0341. The summed E-state index contributed by atoms with van der Waals surface area (Å²) >= 11 is 5.89. The van der Waals surface area contributed by atoms with Crippen molar-refractivity contribution >= 4 is 23.3 Å². The lowest BCUT2D eigenvalue weighted by atomic mass is 10.1. The number of amides is 1. The number of nitrogens with one attached hydrogen (secondary N) is 2. The quantitative estimate of drug-likeness (QED) is 0.778. The fourth-order valence-corrected chi connectivity index (χ4v) is 2.25. The van der Waals surface area contributed by atoms with Gasteiger partial charge in [0.05, 0.1) is 10.7 Å². The number of benzene rings is 1. The van der Waals surface area contributed by atoms with Crippen molar-refractivity contribution in [3.63, 3.8) is 0 Å². The van der Waals surface area contributed by atoms with E-state index in [9.17, 15) is 4.79 Å². The van der Waals surface area contributed by atoms with Gasteiger partial charge in [-0.3, -0.25) is 9.89 Å². The van der Waals surface area contributed by atoms with Gasteiger partial charge in [-0.15, -0.1) is 0 Å². The molecule has 0 aliphatic carbocycles. The topological polar surface area (TPSA) is 83.6 Å². The number of aromatic nitrogens is 4. The molecule has 0 bridgehead atoms. The molecule has 6 nitrogen and oxygen atoms in total. The van der Waals surface area contributed by atoms with E-state index in [0.29, 0.717) is 5.82 Å². The minimum absolute atomic E-state index is 0.108. The number of rotatable bonds is 3. The average Bonchev–Trinajstić information content (AvgIpc) is 2.96. The molecule has 110 valence electrons. The first kappa shape index (κ1) is 14.2. The lowest BCUT2D eigenvalue weighted by Crippen LogP contribution is -2.14. The summed E-state index contributed by atoms with van der Waals surface area (Å²) in [6.07, 6.45) is 2.64. The molecule has 0 saturated heterocycles. The number of hydrogen-bond donors (Lipinski definition) is 2. The van der Waals surface area contributed by atoms with Crippen molar-refractivity contribution in [3.8, 4) is 11.3 Å². The molecule has 22 heavy (non-hydrogen) atoms. The molecule has 2 heterocycles. The zero-order valence-corrected chi connectivity index (χ0v) is 12.4. The maximum atomic E-state index is 12.1. The number of H-pyrrole nitrogens is 1. The standard InChI is InChI=1S/C15H12ClN5O/c1-9-4-2-3-5-10(9)12-6-13(21-20-12)19-15(22)14-11(16)7-17-8-18-14/h2-8H,1H3,(H2,19,20,21,22). The van der Waals surface area contributed by atoms with Gasteiger partial charge >= 0.3 is 0 Å². The van der Waals surface area contributed by atoms with E-state index in [1.165, 1.54) is 12.5 Å². The molecular weight excluding hydrogens is 302 g/mol. The smallest absolute Gasteiger partial charge is 0.277 e. The van der Waals surface area contributed by atoms with Gasteiger partial charge in [0.25, 0.3) is 5.91 Å². The lowest BCUT2D eigenvalue weighted by Gasteiger charge is -2.02. The Balaban J connectivity index is 1.82. The third-order valence-corrected chi connectivity index (χ3v) is 3.41. The van der Waals surface area contributed by atoms with Crippen LogP contribution in [0.2, 0.25) is 5.02 Å². The predicted octanol–water partition coefficient (Wildman–Crippen LogP) is 3.08. The second-order valence-corrected chi connectivity index (χ2v) is 5.06. The Labute approximate surface area is 131 Å². The van der Waals surface area contributed by atoms with Gasteiger partial charge in [-0.2, -0.15) is 5.10 Å². The Morgan fingerprint density at radius 2 is 2.14 bits per heavy atom. The summed E-state index contributed by atoms with van der Waals surface area (Å²) in [4.78, 5) is 19.7. The van der Waals surface area contributed by atoms with Crippen molar-refractivity contribution in [2.24, 2.45) is 0 Å². The molecule has 0 fully saturated rings. The molecule has 2 aromatic heterocycles. The number of aromatic amines is 1. The maximum Gasteiger partial charge on any atom is 0.277 e. The van der Waals surface area contributed by atoms with E-state index in [1.54, 1.807) is 6.07 Å². The molecule has 1 amide bonds. The van der Waals surface area contributed by atoms with Gasteiger partial charge in [-0.05, 0) is 12.5 Å². The van der Waals surface area contributed by atoms with Gasteiger partial charge in [-0.1, -0.05) is 35.9 Å². The summed E-state index contributed by atoms with van der Waals surface area (Å²) in [5.41, 5.74) is 3.07. The highest BCUT2D eigenvalue weighted by atomic mass is 35.5. The van der Waals surface area contributed by atoms with Crippen molar-refractivity contribution in [3.05, 3.63) is 59.1 Å². The van der Waals surface area contributed by atoms with Crippen LogP contribution >= 0.6 is 11.6 Å². The summed E-state index contributed by atoms with van der Waals surface area (Å²) in [6.45, 7) is 2.01. The van der Waals surface area contributed by atoms with Crippen molar-refractivity contribution in [1.82, 2.24) is 20.2 Å². The number of anilines is 1. The third-order valence-electron chi connectivity index (χ3n) is 3.14. The van der Waals surface area contributed by atoms with Gasteiger partial charge in [0.15, 0.2) is 11.5 Å². The van der Waals surface area contributed by atoms with Crippen LogP contribution in [0.15, 0.2) is 42.9 Å². The molecule has 7 heteroatoms. The fourth-order valence-electron chi connectivity index (χ4n) is 2.05. The van der Waals surface area contributed by atoms with Crippen LogP contribution in [-0.4, -0.2) is 26.1 Å². The zero-order valence-electron chi connectivity index (χ0n) is 11.7. The van der Waals surface area contributed by atoms with Crippen LogP contribution in [0.3, 0.4) is 0 Å². The number of aryl methyl sites for hydroxylation is 1. The van der Waals surface area contributed by atoms with E-state index in [1.807, 2.05) is 31.2 Å². The number of carbonyl (C=O) groups excluding carboxylic acids is 1. The van der Waals surface area contributed by atoms with Crippen LogP contribution in [0.5, 0.6) is 0 Å². The van der Waals surface area contributed by atoms with Crippen LogP contribution in [0, 0.1) is 6.92 Å². The number of hydrogen-bond acceptors (Lipinski definition) is 4. The largest absolute Gasteiger partial charge is 0.304 e. The Morgan fingerprint density at radius 3 is 2.91 bits per heavy atom. The van der Waals surface area contributed by atoms with Gasteiger partial charge < -0.3 is 5.32 Å². The number of carbonyl (C=O) groups is 1. The Morgan fingerprint density at radius 1 is 1.32 bits per heavy atom. The monoisotopic (exact) mass is 313 g/mol. The highest BCUT2D eigenvalue weighted by Crippen LogP contribution is 2.23. The summed E-state index contributed by atoms with van der Waals surface area (Å²) < 4.78 is 0. The molecular formula is C15H12ClN5O. The van der Waals surface area contributed by atoms with Crippen LogP contribution in [0.25, 0.3) is 11.3 Å². The number of nitrogens with zero attached hydrogens (tertiary/aromatic N) is 3. The van der Waals surface area contributed by atoms with Gasteiger partial charge in [0, 0.05) is 17.8 Å². The molecule has 1 aromatic carbocycles. The molecule has 3 rings (SSSR count). The van der Waals surface area contributed by atoms with Crippen LogP contribution in [0.4, 0.5) is 5.82 Å². The first-order valence-electron chi connectivity index (χ1n) is 6.53. The first-order chi connectivity index (χ1) is 10.6. The van der Waals surface area contributed by atoms with E-state index in [0.717, 1.165) is 16.8 Å². The molecule has 0 saturated carbocycles. The average molecular weight is 314 g/mol. The molecule has 0 aliphatic rings. The van der Waals surface area contributed by atoms with Gasteiger partial charge in [0.2, 0.25) is 0 Å². The highest BCUT2D eigenvalue weighted by molar-refractivity contribution is 6.33. The molecule has 0 radical (unpaired) electrons. The van der Waals surface area contributed by atoms with Crippen molar-refractivity contribution < 1.29 is 4.79 Å².